The van der Waals surface area contributed by atoms with Crippen LogP contribution in [0.1, 0.15) is 11.3 Å². The van der Waals surface area contributed by atoms with Gasteiger partial charge in [-0.15, -0.1) is 0 Å². The molecule has 0 spiro atoms. The van der Waals surface area contributed by atoms with E-state index < -0.39 is 0 Å². The molecule has 3 rings (SSSR count). The summed E-state index contributed by atoms with van der Waals surface area (Å²) in [6.45, 7) is 2.44. The third kappa shape index (κ3) is 4.10. The van der Waals surface area contributed by atoms with Crippen LogP contribution in [0.5, 0.6) is 17.2 Å². The molecule has 1 heterocycles. The molecule has 0 bridgehead atoms. The molecule has 0 fully saturated rings. The van der Waals surface area contributed by atoms with Gasteiger partial charge in [-0.3, -0.25) is 4.98 Å². The molecule has 0 radical (unpaired) electrons. The summed E-state index contributed by atoms with van der Waals surface area (Å²) >= 11 is 0. The van der Waals surface area contributed by atoms with Crippen LogP contribution >= 0.6 is 0 Å². The molecule has 0 amide bonds. The van der Waals surface area contributed by atoms with Crippen molar-refractivity contribution in [1.82, 2.24) is 4.98 Å². The molecular weight excluding hydrogens is 314 g/mol. The molecular formula is C21H21NO3. The predicted molar refractivity (Wildman–Crippen MR) is 98.3 cm³/mol. The van der Waals surface area contributed by atoms with E-state index in [1.807, 2.05) is 67.6 Å². The van der Waals surface area contributed by atoms with Gasteiger partial charge in [-0.05, 0) is 36.8 Å². The van der Waals surface area contributed by atoms with E-state index >= 15 is 0 Å². The zero-order valence-corrected chi connectivity index (χ0v) is 14.7. The normalized spacial score (nSPS) is 10.4. The van der Waals surface area contributed by atoms with Gasteiger partial charge in [0.15, 0.2) is 0 Å². The van der Waals surface area contributed by atoms with Crippen LogP contribution in [0.15, 0.2) is 60.7 Å². The summed E-state index contributed by atoms with van der Waals surface area (Å²) < 4.78 is 16.6. The topological polar surface area (TPSA) is 40.6 Å². The van der Waals surface area contributed by atoms with Gasteiger partial charge >= 0.3 is 0 Å². The molecule has 4 nitrogen and oxygen atoms in total. The third-order valence-corrected chi connectivity index (χ3v) is 3.87. The fourth-order valence-electron chi connectivity index (χ4n) is 2.60. The molecule has 3 aromatic rings. The maximum Gasteiger partial charge on any atom is 0.128 e. The van der Waals surface area contributed by atoms with Crippen LogP contribution in [0.2, 0.25) is 0 Å². The highest BCUT2D eigenvalue weighted by molar-refractivity contribution is 5.68. The summed E-state index contributed by atoms with van der Waals surface area (Å²) in [5, 5.41) is 0. The number of benzene rings is 2. The quantitative estimate of drug-likeness (QED) is 0.657. The third-order valence-electron chi connectivity index (χ3n) is 3.87. The van der Waals surface area contributed by atoms with Crippen molar-refractivity contribution in [2.75, 3.05) is 14.2 Å². The minimum absolute atomic E-state index is 0.485. The lowest BCUT2D eigenvalue weighted by Crippen LogP contribution is -1.98. The summed E-state index contributed by atoms with van der Waals surface area (Å²) in [4.78, 5) is 4.61. The fourth-order valence-corrected chi connectivity index (χ4v) is 2.60. The molecule has 0 saturated carbocycles. The number of pyridine rings is 1. The number of aromatic nitrogens is 1. The van der Waals surface area contributed by atoms with E-state index in [0.29, 0.717) is 6.61 Å². The average molecular weight is 335 g/mol. The number of methoxy groups -OCH3 is 2. The summed E-state index contributed by atoms with van der Waals surface area (Å²) in [6, 6.07) is 19.6. The van der Waals surface area contributed by atoms with Crippen molar-refractivity contribution in [3.63, 3.8) is 0 Å². The van der Waals surface area contributed by atoms with Gasteiger partial charge in [0.1, 0.15) is 23.9 Å². The van der Waals surface area contributed by atoms with E-state index in [9.17, 15) is 0 Å². The number of hydrogen-bond donors (Lipinski definition) is 0. The second kappa shape index (κ2) is 7.71. The van der Waals surface area contributed by atoms with Crippen molar-refractivity contribution in [3.05, 3.63) is 71.9 Å². The van der Waals surface area contributed by atoms with Crippen molar-refractivity contribution in [3.8, 4) is 28.5 Å². The van der Waals surface area contributed by atoms with Gasteiger partial charge in [-0.2, -0.15) is 0 Å². The van der Waals surface area contributed by atoms with Crippen molar-refractivity contribution < 1.29 is 14.2 Å². The molecule has 128 valence electrons. The van der Waals surface area contributed by atoms with Crippen LogP contribution in [0.3, 0.4) is 0 Å². The highest BCUT2D eigenvalue weighted by Crippen LogP contribution is 2.31. The molecule has 1 aromatic heterocycles. The van der Waals surface area contributed by atoms with E-state index in [1.165, 1.54) is 0 Å². The van der Waals surface area contributed by atoms with Gasteiger partial charge in [0.2, 0.25) is 0 Å². The Morgan fingerprint density at radius 2 is 1.60 bits per heavy atom. The van der Waals surface area contributed by atoms with Gasteiger partial charge < -0.3 is 14.2 Å². The highest BCUT2D eigenvalue weighted by Gasteiger charge is 2.09. The lowest BCUT2D eigenvalue weighted by molar-refractivity contribution is 0.305. The molecule has 0 saturated heterocycles. The lowest BCUT2D eigenvalue weighted by atomic mass is 10.1. The Labute approximate surface area is 148 Å². The maximum atomic E-state index is 5.96. The number of para-hydroxylation sites is 1. The first-order valence-corrected chi connectivity index (χ1v) is 8.07. The first kappa shape index (κ1) is 16.8. The van der Waals surface area contributed by atoms with Gasteiger partial charge in [-0.1, -0.05) is 24.3 Å². The summed E-state index contributed by atoms with van der Waals surface area (Å²) in [6.07, 6.45) is 0. The first-order chi connectivity index (χ1) is 12.2. The van der Waals surface area contributed by atoms with Crippen molar-refractivity contribution >= 4 is 0 Å². The minimum atomic E-state index is 0.485. The van der Waals surface area contributed by atoms with Gasteiger partial charge in [0.05, 0.1) is 19.9 Å². The van der Waals surface area contributed by atoms with E-state index in [2.05, 4.69) is 4.98 Å². The standard InChI is InChI=1S/C21H21NO3/c1-15-12-18(25-14-16-8-10-17(23-2)11-9-16)13-20(22-15)19-6-4-5-7-21(19)24-3/h4-13H,14H2,1-3H3. The van der Waals surface area contributed by atoms with Crippen LogP contribution in [-0.4, -0.2) is 19.2 Å². The Morgan fingerprint density at radius 1 is 0.840 bits per heavy atom. The minimum Gasteiger partial charge on any atom is -0.497 e. The molecule has 0 aliphatic heterocycles. The number of nitrogens with zero attached hydrogens (tertiary/aromatic N) is 1. The lowest BCUT2D eigenvalue weighted by Gasteiger charge is -2.12. The second-order valence-electron chi connectivity index (χ2n) is 5.67. The molecule has 0 aliphatic carbocycles. The zero-order valence-electron chi connectivity index (χ0n) is 14.7. The first-order valence-electron chi connectivity index (χ1n) is 8.07. The monoisotopic (exact) mass is 335 g/mol. The number of aryl methyl sites for hydroxylation is 1. The average Bonchev–Trinajstić information content (AvgIpc) is 2.66. The fraction of sp³-hybridized carbons (Fsp3) is 0.190. The maximum absolute atomic E-state index is 5.96. The molecule has 0 N–H and O–H groups in total. The summed E-state index contributed by atoms with van der Waals surface area (Å²) in [7, 11) is 3.32. The Morgan fingerprint density at radius 3 is 2.32 bits per heavy atom. The molecule has 4 heteroatoms. The smallest absolute Gasteiger partial charge is 0.128 e. The molecule has 25 heavy (non-hydrogen) atoms. The summed E-state index contributed by atoms with van der Waals surface area (Å²) in [5.41, 5.74) is 3.76. The highest BCUT2D eigenvalue weighted by atomic mass is 16.5. The van der Waals surface area contributed by atoms with Crippen molar-refractivity contribution in [1.29, 1.82) is 0 Å². The van der Waals surface area contributed by atoms with Gasteiger partial charge in [0.25, 0.3) is 0 Å². The Kier molecular flexibility index (Phi) is 5.19. The van der Waals surface area contributed by atoms with Crippen molar-refractivity contribution in [2.24, 2.45) is 0 Å². The number of ether oxygens (including phenoxy) is 3. The molecule has 0 atom stereocenters. The molecule has 0 aliphatic rings. The Hall–Kier alpha value is -3.01. The number of rotatable bonds is 6. The second-order valence-corrected chi connectivity index (χ2v) is 5.67. The van der Waals surface area contributed by atoms with Crippen LogP contribution in [0.25, 0.3) is 11.3 Å². The van der Waals surface area contributed by atoms with Crippen LogP contribution < -0.4 is 14.2 Å². The van der Waals surface area contributed by atoms with E-state index in [0.717, 1.165) is 39.8 Å². The van der Waals surface area contributed by atoms with Crippen LogP contribution in [0, 0.1) is 6.92 Å². The number of hydrogen-bond acceptors (Lipinski definition) is 4. The van der Waals surface area contributed by atoms with E-state index in [4.69, 9.17) is 14.2 Å². The largest absolute Gasteiger partial charge is 0.497 e. The molecule has 0 unspecified atom stereocenters. The van der Waals surface area contributed by atoms with Crippen LogP contribution in [-0.2, 0) is 6.61 Å². The van der Waals surface area contributed by atoms with Crippen LogP contribution in [0.4, 0.5) is 0 Å². The summed E-state index contributed by atoms with van der Waals surface area (Å²) in [5.74, 6) is 2.41. The Bertz CT molecular complexity index is 844. The molecule has 2 aromatic carbocycles. The van der Waals surface area contributed by atoms with E-state index in [-0.39, 0.29) is 0 Å². The Balaban J connectivity index is 1.81. The zero-order chi connectivity index (χ0) is 17.6. The van der Waals surface area contributed by atoms with E-state index in [1.54, 1.807) is 14.2 Å². The van der Waals surface area contributed by atoms with Gasteiger partial charge in [0, 0.05) is 23.4 Å². The van der Waals surface area contributed by atoms with Gasteiger partial charge in [-0.25, -0.2) is 0 Å². The predicted octanol–water partition coefficient (Wildman–Crippen LogP) is 4.65. The SMILES string of the molecule is COc1ccc(COc2cc(C)nc(-c3ccccc3OC)c2)cc1. The van der Waals surface area contributed by atoms with Crippen molar-refractivity contribution in [2.45, 2.75) is 13.5 Å².